The SMILES string of the molecule is CCc1cccc(C(O)CCSC)c1. The summed E-state index contributed by atoms with van der Waals surface area (Å²) in [5.41, 5.74) is 2.35. The maximum absolute atomic E-state index is 9.86. The quantitative estimate of drug-likeness (QED) is 0.806. The monoisotopic (exact) mass is 210 g/mol. The van der Waals surface area contributed by atoms with E-state index in [4.69, 9.17) is 0 Å². The molecule has 0 saturated heterocycles. The first kappa shape index (κ1) is 11.6. The van der Waals surface area contributed by atoms with Crippen LogP contribution in [0.5, 0.6) is 0 Å². The summed E-state index contributed by atoms with van der Waals surface area (Å²) in [6.07, 6.45) is 3.64. The lowest BCUT2D eigenvalue weighted by Crippen LogP contribution is -1.99. The number of thioether (sulfide) groups is 1. The molecule has 0 aliphatic heterocycles. The Labute approximate surface area is 90.5 Å². The predicted molar refractivity (Wildman–Crippen MR) is 63.8 cm³/mol. The smallest absolute Gasteiger partial charge is 0.0798 e. The van der Waals surface area contributed by atoms with E-state index in [2.05, 4.69) is 25.3 Å². The summed E-state index contributed by atoms with van der Waals surface area (Å²) in [5, 5.41) is 9.86. The van der Waals surface area contributed by atoms with Gasteiger partial charge in [-0.1, -0.05) is 31.2 Å². The van der Waals surface area contributed by atoms with Gasteiger partial charge in [0.1, 0.15) is 0 Å². The molecule has 1 aromatic carbocycles. The second-order valence-electron chi connectivity index (χ2n) is 3.40. The molecule has 0 heterocycles. The Hall–Kier alpha value is -0.470. The van der Waals surface area contributed by atoms with Crippen LogP contribution in [0.3, 0.4) is 0 Å². The van der Waals surface area contributed by atoms with Crippen LogP contribution < -0.4 is 0 Å². The van der Waals surface area contributed by atoms with E-state index in [1.165, 1.54) is 5.56 Å². The first-order valence-electron chi connectivity index (χ1n) is 5.03. The Morgan fingerprint density at radius 1 is 1.43 bits per heavy atom. The largest absolute Gasteiger partial charge is 0.388 e. The average molecular weight is 210 g/mol. The third kappa shape index (κ3) is 3.35. The van der Waals surface area contributed by atoms with E-state index in [9.17, 15) is 5.11 Å². The second kappa shape index (κ2) is 6.10. The zero-order valence-electron chi connectivity index (χ0n) is 8.86. The standard InChI is InChI=1S/C12H18OS/c1-3-10-5-4-6-11(9-10)12(13)7-8-14-2/h4-6,9,12-13H,3,7-8H2,1-2H3. The van der Waals surface area contributed by atoms with Crippen LogP contribution >= 0.6 is 11.8 Å². The normalized spacial score (nSPS) is 12.8. The minimum absolute atomic E-state index is 0.297. The van der Waals surface area contributed by atoms with Gasteiger partial charge in [-0.05, 0) is 36.0 Å². The Kier molecular flexibility index (Phi) is 5.05. The Morgan fingerprint density at radius 3 is 2.86 bits per heavy atom. The summed E-state index contributed by atoms with van der Waals surface area (Å²) in [4.78, 5) is 0. The van der Waals surface area contributed by atoms with Gasteiger partial charge in [0.2, 0.25) is 0 Å². The third-order valence-corrected chi connectivity index (χ3v) is 2.98. The highest BCUT2D eigenvalue weighted by molar-refractivity contribution is 7.98. The zero-order valence-corrected chi connectivity index (χ0v) is 9.68. The molecule has 1 rings (SSSR count). The van der Waals surface area contributed by atoms with E-state index in [1.54, 1.807) is 11.8 Å². The van der Waals surface area contributed by atoms with Crippen LogP contribution in [0.15, 0.2) is 24.3 Å². The molecule has 0 amide bonds. The van der Waals surface area contributed by atoms with E-state index in [0.29, 0.717) is 0 Å². The maximum Gasteiger partial charge on any atom is 0.0798 e. The fourth-order valence-corrected chi connectivity index (χ4v) is 1.88. The van der Waals surface area contributed by atoms with Gasteiger partial charge < -0.3 is 5.11 Å². The molecule has 1 atom stereocenters. The lowest BCUT2D eigenvalue weighted by Gasteiger charge is -2.11. The van der Waals surface area contributed by atoms with E-state index >= 15 is 0 Å². The first-order valence-corrected chi connectivity index (χ1v) is 6.43. The van der Waals surface area contributed by atoms with Crippen molar-refractivity contribution in [2.75, 3.05) is 12.0 Å². The highest BCUT2D eigenvalue weighted by atomic mass is 32.2. The second-order valence-corrected chi connectivity index (χ2v) is 4.38. The first-order chi connectivity index (χ1) is 6.77. The molecule has 0 aliphatic carbocycles. The number of aliphatic hydroxyl groups is 1. The molecule has 0 radical (unpaired) electrons. The Bertz CT molecular complexity index is 273. The van der Waals surface area contributed by atoms with Crippen molar-refractivity contribution in [3.8, 4) is 0 Å². The van der Waals surface area contributed by atoms with Crippen LogP contribution in [0.25, 0.3) is 0 Å². The maximum atomic E-state index is 9.86. The molecule has 0 saturated carbocycles. The zero-order chi connectivity index (χ0) is 10.4. The summed E-state index contributed by atoms with van der Waals surface area (Å²) in [7, 11) is 0. The molecule has 1 nitrogen and oxygen atoms in total. The molecule has 1 N–H and O–H groups in total. The summed E-state index contributed by atoms with van der Waals surface area (Å²) in [6, 6.07) is 8.23. The van der Waals surface area contributed by atoms with Crippen molar-refractivity contribution in [1.82, 2.24) is 0 Å². The van der Waals surface area contributed by atoms with Gasteiger partial charge >= 0.3 is 0 Å². The lowest BCUT2D eigenvalue weighted by molar-refractivity contribution is 0.175. The van der Waals surface area contributed by atoms with Crippen LogP contribution in [0.4, 0.5) is 0 Å². The van der Waals surface area contributed by atoms with Crippen molar-refractivity contribution in [3.05, 3.63) is 35.4 Å². The van der Waals surface area contributed by atoms with Gasteiger partial charge in [0.15, 0.2) is 0 Å². The molecule has 1 aromatic rings. The van der Waals surface area contributed by atoms with Gasteiger partial charge in [-0.3, -0.25) is 0 Å². The number of hydrogen-bond donors (Lipinski definition) is 1. The van der Waals surface area contributed by atoms with Crippen molar-refractivity contribution in [2.45, 2.75) is 25.9 Å². The van der Waals surface area contributed by atoms with Crippen LogP contribution in [0.2, 0.25) is 0 Å². The molecule has 0 spiro atoms. The Balaban J connectivity index is 2.64. The van der Waals surface area contributed by atoms with Gasteiger partial charge in [0.25, 0.3) is 0 Å². The molecule has 78 valence electrons. The average Bonchev–Trinajstić information content (AvgIpc) is 2.26. The number of rotatable bonds is 5. The van der Waals surface area contributed by atoms with Gasteiger partial charge in [-0.25, -0.2) is 0 Å². The molecular formula is C12H18OS. The molecule has 0 bridgehead atoms. The van der Waals surface area contributed by atoms with Crippen molar-refractivity contribution < 1.29 is 5.11 Å². The van der Waals surface area contributed by atoms with Crippen LogP contribution in [-0.4, -0.2) is 17.1 Å². The van der Waals surface area contributed by atoms with Crippen LogP contribution in [0, 0.1) is 0 Å². The molecule has 2 heteroatoms. The van der Waals surface area contributed by atoms with E-state index in [0.717, 1.165) is 24.2 Å². The highest BCUT2D eigenvalue weighted by Gasteiger charge is 2.06. The summed E-state index contributed by atoms with van der Waals surface area (Å²) in [5.74, 6) is 1.01. The molecule has 0 aliphatic rings. The van der Waals surface area contributed by atoms with Crippen LogP contribution in [-0.2, 0) is 6.42 Å². The number of aliphatic hydroxyl groups excluding tert-OH is 1. The minimum Gasteiger partial charge on any atom is -0.388 e. The van der Waals surface area contributed by atoms with Crippen molar-refractivity contribution in [1.29, 1.82) is 0 Å². The van der Waals surface area contributed by atoms with Gasteiger partial charge in [0.05, 0.1) is 6.10 Å². The molecule has 14 heavy (non-hydrogen) atoms. The van der Waals surface area contributed by atoms with Crippen LogP contribution in [0.1, 0.15) is 30.6 Å². The predicted octanol–water partition coefficient (Wildman–Crippen LogP) is 3.04. The molecule has 1 unspecified atom stereocenters. The fourth-order valence-electron chi connectivity index (χ4n) is 1.42. The highest BCUT2D eigenvalue weighted by Crippen LogP contribution is 2.19. The molecular weight excluding hydrogens is 192 g/mol. The van der Waals surface area contributed by atoms with E-state index in [1.807, 2.05) is 12.1 Å². The minimum atomic E-state index is -0.297. The molecule has 0 fully saturated rings. The molecule has 0 aromatic heterocycles. The van der Waals surface area contributed by atoms with Gasteiger partial charge in [-0.15, -0.1) is 0 Å². The number of benzene rings is 1. The summed E-state index contributed by atoms with van der Waals surface area (Å²) >= 11 is 1.77. The Morgan fingerprint density at radius 2 is 2.21 bits per heavy atom. The van der Waals surface area contributed by atoms with E-state index in [-0.39, 0.29) is 6.10 Å². The van der Waals surface area contributed by atoms with Gasteiger partial charge in [0, 0.05) is 0 Å². The lowest BCUT2D eigenvalue weighted by atomic mass is 10.0. The number of aryl methyl sites for hydroxylation is 1. The summed E-state index contributed by atoms with van der Waals surface area (Å²) in [6.45, 7) is 2.13. The van der Waals surface area contributed by atoms with Crippen molar-refractivity contribution in [3.63, 3.8) is 0 Å². The van der Waals surface area contributed by atoms with Crippen molar-refractivity contribution >= 4 is 11.8 Å². The summed E-state index contributed by atoms with van der Waals surface area (Å²) < 4.78 is 0. The third-order valence-electron chi connectivity index (χ3n) is 2.34. The van der Waals surface area contributed by atoms with Gasteiger partial charge in [-0.2, -0.15) is 11.8 Å². The van der Waals surface area contributed by atoms with Crippen molar-refractivity contribution in [2.24, 2.45) is 0 Å². The van der Waals surface area contributed by atoms with E-state index < -0.39 is 0 Å². The fraction of sp³-hybridized carbons (Fsp3) is 0.500. The topological polar surface area (TPSA) is 20.2 Å². The number of hydrogen-bond acceptors (Lipinski definition) is 2.